The van der Waals surface area contributed by atoms with Crippen LogP contribution in [-0.4, -0.2) is 18.5 Å². The highest BCUT2D eigenvalue weighted by atomic mass is 16.5. The van der Waals surface area contributed by atoms with Gasteiger partial charge in [0, 0.05) is 5.57 Å². The SMILES string of the molecule is O=C1C=CC=C2COC3C=C4C=CCCC4=CC3=C12. The standard InChI is InChI=1S/C17H14O2/c18-15-7-3-6-13-10-19-16-9-12-5-2-1-4-11(12)8-14(16)17(13)15/h2-3,5-9,16H,1,4,10H2. The molecule has 2 nitrogen and oxygen atoms in total. The molecule has 2 heteroatoms. The van der Waals surface area contributed by atoms with E-state index in [-0.39, 0.29) is 11.9 Å². The lowest BCUT2D eigenvalue weighted by molar-refractivity contribution is -0.111. The minimum Gasteiger partial charge on any atom is -0.365 e. The first-order chi connectivity index (χ1) is 9.33. The second-order valence-electron chi connectivity index (χ2n) is 5.21. The lowest BCUT2D eigenvalue weighted by Gasteiger charge is -2.32. The first kappa shape index (κ1) is 10.9. The Morgan fingerprint density at radius 2 is 2.16 bits per heavy atom. The van der Waals surface area contributed by atoms with Gasteiger partial charge in [-0.3, -0.25) is 4.79 Å². The van der Waals surface area contributed by atoms with Crippen molar-refractivity contribution in [3.8, 4) is 0 Å². The predicted molar refractivity (Wildman–Crippen MR) is 73.5 cm³/mol. The molecule has 94 valence electrons. The van der Waals surface area contributed by atoms with Gasteiger partial charge in [0.1, 0.15) is 6.10 Å². The Hall–Kier alpha value is -1.93. The van der Waals surface area contributed by atoms with Crippen LogP contribution in [0.15, 0.2) is 70.4 Å². The summed E-state index contributed by atoms with van der Waals surface area (Å²) in [5.41, 5.74) is 5.50. The highest BCUT2D eigenvalue weighted by molar-refractivity contribution is 6.10. The van der Waals surface area contributed by atoms with Crippen LogP contribution in [0.5, 0.6) is 0 Å². The molecule has 0 aromatic carbocycles. The fourth-order valence-electron chi connectivity index (χ4n) is 3.10. The molecule has 1 atom stereocenters. The molecule has 0 saturated heterocycles. The van der Waals surface area contributed by atoms with E-state index in [1.54, 1.807) is 6.08 Å². The number of carbonyl (C=O) groups excluding carboxylic acids is 1. The molecule has 0 aromatic heterocycles. The van der Waals surface area contributed by atoms with Crippen LogP contribution in [-0.2, 0) is 9.53 Å². The van der Waals surface area contributed by atoms with E-state index in [1.807, 2.05) is 12.2 Å². The third-order valence-corrected chi connectivity index (χ3v) is 4.04. The second-order valence-corrected chi connectivity index (χ2v) is 5.21. The number of hydrogen-bond acceptors (Lipinski definition) is 2. The van der Waals surface area contributed by atoms with Crippen LogP contribution < -0.4 is 0 Å². The molecule has 0 spiro atoms. The Kier molecular flexibility index (Phi) is 2.32. The predicted octanol–water partition coefficient (Wildman–Crippen LogP) is 2.96. The van der Waals surface area contributed by atoms with Gasteiger partial charge in [-0.05, 0) is 47.3 Å². The normalized spacial score (nSPS) is 28.1. The van der Waals surface area contributed by atoms with Crippen LogP contribution in [0, 0.1) is 0 Å². The molecule has 4 rings (SSSR count). The maximum atomic E-state index is 12.1. The highest BCUT2D eigenvalue weighted by Crippen LogP contribution is 2.38. The van der Waals surface area contributed by atoms with E-state index >= 15 is 0 Å². The number of ketones is 1. The Balaban J connectivity index is 1.89. The molecule has 0 bridgehead atoms. The lowest BCUT2D eigenvalue weighted by Crippen LogP contribution is -2.28. The fraction of sp³-hybridized carbons (Fsp3) is 0.235. The van der Waals surface area contributed by atoms with E-state index in [2.05, 4.69) is 24.3 Å². The molecule has 1 heterocycles. The van der Waals surface area contributed by atoms with Crippen molar-refractivity contribution in [1.29, 1.82) is 0 Å². The zero-order valence-corrected chi connectivity index (χ0v) is 10.6. The minimum absolute atomic E-state index is 0.0656. The molecule has 4 aliphatic rings. The third-order valence-electron chi connectivity index (χ3n) is 4.04. The van der Waals surface area contributed by atoms with Gasteiger partial charge in [-0.25, -0.2) is 0 Å². The molecule has 19 heavy (non-hydrogen) atoms. The van der Waals surface area contributed by atoms with Gasteiger partial charge in [0.25, 0.3) is 0 Å². The minimum atomic E-state index is -0.0656. The zero-order chi connectivity index (χ0) is 12.8. The molecular formula is C17H14O2. The van der Waals surface area contributed by atoms with Crippen LogP contribution >= 0.6 is 0 Å². The van der Waals surface area contributed by atoms with Gasteiger partial charge in [-0.1, -0.05) is 30.4 Å². The van der Waals surface area contributed by atoms with Gasteiger partial charge >= 0.3 is 0 Å². The van der Waals surface area contributed by atoms with Crippen LogP contribution in [0.3, 0.4) is 0 Å². The van der Waals surface area contributed by atoms with E-state index < -0.39 is 0 Å². The molecule has 3 aliphatic carbocycles. The molecule has 0 saturated carbocycles. The highest BCUT2D eigenvalue weighted by Gasteiger charge is 2.31. The average molecular weight is 250 g/mol. The van der Waals surface area contributed by atoms with Gasteiger partial charge in [0.2, 0.25) is 0 Å². The lowest BCUT2D eigenvalue weighted by atomic mass is 9.80. The smallest absolute Gasteiger partial charge is 0.186 e. The molecule has 1 aliphatic heterocycles. The zero-order valence-electron chi connectivity index (χ0n) is 10.6. The summed E-state index contributed by atoms with van der Waals surface area (Å²) >= 11 is 0. The van der Waals surface area contributed by atoms with Crippen molar-refractivity contribution >= 4 is 5.78 Å². The maximum absolute atomic E-state index is 12.1. The van der Waals surface area contributed by atoms with Crippen LogP contribution in [0.2, 0.25) is 0 Å². The van der Waals surface area contributed by atoms with Crippen molar-refractivity contribution in [2.45, 2.75) is 18.9 Å². The number of ether oxygens (including phenoxy) is 1. The summed E-state index contributed by atoms with van der Waals surface area (Å²) in [7, 11) is 0. The van der Waals surface area contributed by atoms with Gasteiger partial charge < -0.3 is 4.74 Å². The number of hydrogen-bond donors (Lipinski definition) is 0. The van der Waals surface area contributed by atoms with E-state index in [0.717, 1.165) is 29.6 Å². The fourth-order valence-corrected chi connectivity index (χ4v) is 3.10. The van der Waals surface area contributed by atoms with Crippen molar-refractivity contribution in [2.75, 3.05) is 6.61 Å². The summed E-state index contributed by atoms with van der Waals surface area (Å²) < 4.78 is 5.88. The van der Waals surface area contributed by atoms with E-state index in [4.69, 9.17) is 4.74 Å². The largest absolute Gasteiger partial charge is 0.365 e. The molecular weight excluding hydrogens is 236 g/mol. The van der Waals surface area contributed by atoms with Crippen LogP contribution in [0.4, 0.5) is 0 Å². The van der Waals surface area contributed by atoms with Crippen LogP contribution in [0.1, 0.15) is 12.8 Å². The Labute approximate surface area is 112 Å². The summed E-state index contributed by atoms with van der Waals surface area (Å²) in [6.07, 6.45) is 16.2. The summed E-state index contributed by atoms with van der Waals surface area (Å²) in [6, 6.07) is 0. The van der Waals surface area contributed by atoms with Crippen molar-refractivity contribution < 1.29 is 9.53 Å². The Bertz CT molecular complexity index is 651. The van der Waals surface area contributed by atoms with Crippen molar-refractivity contribution in [1.82, 2.24) is 0 Å². The maximum Gasteiger partial charge on any atom is 0.186 e. The monoisotopic (exact) mass is 250 g/mol. The van der Waals surface area contributed by atoms with E-state index in [9.17, 15) is 4.79 Å². The Morgan fingerprint density at radius 3 is 3.11 bits per heavy atom. The summed E-state index contributed by atoms with van der Waals surface area (Å²) in [5, 5.41) is 0. The molecule has 0 radical (unpaired) electrons. The quantitative estimate of drug-likeness (QED) is 0.660. The van der Waals surface area contributed by atoms with Crippen molar-refractivity contribution in [3.63, 3.8) is 0 Å². The Morgan fingerprint density at radius 1 is 1.21 bits per heavy atom. The summed E-state index contributed by atoms with van der Waals surface area (Å²) in [5.74, 6) is 0.112. The van der Waals surface area contributed by atoms with Gasteiger partial charge in [-0.2, -0.15) is 0 Å². The number of allylic oxidation sites excluding steroid dienone is 7. The van der Waals surface area contributed by atoms with Gasteiger partial charge in [-0.15, -0.1) is 0 Å². The third kappa shape index (κ3) is 1.64. The number of rotatable bonds is 0. The number of fused-ring (bicyclic) bond motifs is 3. The average Bonchev–Trinajstić information content (AvgIpc) is 2.45. The van der Waals surface area contributed by atoms with Gasteiger partial charge in [0.15, 0.2) is 5.78 Å². The molecule has 0 aromatic rings. The number of carbonyl (C=O) groups is 1. The van der Waals surface area contributed by atoms with Crippen molar-refractivity contribution in [2.24, 2.45) is 0 Å². The molecule has 0 amide bonds. The van der Waals surface area contributed by atoms with Crippen molar-refractivity contribution in [3.05, 3.63) is 70.4 Å². The first-order valence-electron chi connectivity index (χ1n) is 6.70. The molecule has 0 fully saturated rings. The topological polar surface area (TPSA) is 26.3 Å². The van der Waals surface area contributed by atoms with E-state index in [1.165, 1.54) is 11.1 Å². The second kappa shape index (κ2) is 4.04. The summed E-state index contributed by atoms with van der Waals surface area (Å²) in [4.78, 5) is 12.1. The van der Waals surface area contributed by atoms with Crippen LogP contribution in [0.25, 0.3) is 0 Å². The summed E-state index contributed by atoms with van der Waals surface area (Å²) in [6.45, 7) is 0.524. The van der Waals surface area contributed by atoms with Gasteiger partial charge in [0.05, 0.1) is 6.61 Å². The van der Waals surface area contributed by atoms with E-state index in [0.29, 0.717) is 6.61 Å². The molecule has 1 unspecified atom stereocenters. The first-order valence-corrected chi connectivity index (χ1v) is 6.70. The molecule has 0 N–H and O–H groups in total.